The first kappa shape index (κ1) is 26.9. The number of hydrogen-bond donors (Lipinski definition) is 1. The summed E-state index contributed by atoms with van der Waals surface area (Å²) >= 11 is 0. The molecular formula is C31H27F2N3O4S. The second-order valence-corrected chi connectivity index (χ2v) is 12.9. The van der Waals surface area contributed by atoms with E-state index in [0.29, 0.717) is 41.0 Å². The van der Waals surface area contributed by atoms with Gasteiger partial charge in [0.2, 0.25) is 0 Å². The summed E-state index contributed by atoms with van der Waals surface area (Å²) in [7, 11) is -3.39. The van der Waals surface area contributed by atoms with Crippen molar-refractivity contribution in [2.24, 2.45) is 0 Å². The molecule has 0 bridgehead atoms. The molecule has 4 aromatic rings. The Morgan fingerprint density at radius 3 is 2.46 bits per heavy atom. The molecule has 1 fully saturated rings. The van der Waals surface area contributed by atoms with Crippen LogP contribution in [-0.2, 0) is 22.0 Å². The molecule has 0 aliphatic heterocycles. The number of benzene rings is 3. The van der Waals surface area contributed by atoms with Crippen molar-refractivity contribution in [2.75, 3.05) is 5.73 Å². The molecule has 7 nitrogen and oxygen atoms in total. The minimum atomic E-state index is -3.39. The lowest BCUT2D eigenvalue weighted by Crippen LogP contribution is -2.11. The van der Waals surface area contributed by atoms with E-state index < -0.39 is 21.5 Å². The highest BCUT2D eigenvalue weighted by atomic mass is 32.2. The van der Waals surface area contributed by atoms with Crippen LogP contribution in [0.25, 0.3) is 11.8 Å². The lowest BCUT2D eigenvalue weighted by atomic mass is 10.0. The highest BCUT2D eigenvalue weighted by Gasteiger charge is 2.36. The van der Waals surface area contributed by atoms with Gasteiger partial charge in [-0.15, -0.1) is 0 Å². The van der Waals surface area contributed by atoms with E-state index in [9.17, 15) is 22.0 Å². The molecule has 3 aromatic carbocycles. The van der Waals surface area contributed by atoms with Gasteiger partial charge in [-0.05, 0) is 85.4 Å². The Balaban J connectivity index is 1.24. The van der Waals surface area contributed by atoms with Gasteiger partial charge >= 0.3 is 0 Å². The number of aromatic nitrogens is 2. The van der Waals surface area contributed by atoms with Gasteiger partial charge in [-0.1, -0.05) is 18.2 Å². The number of rotatable bonds is 8. The van der Waals surface area contributed by atoms with Crippen LogP contribution in [0.1, 0.15) is 51.0 Å². The van der Waals surface area contributed by atoms with Crippen LogP contribution >= 0.6 is 0 Å². The number of ketones is 1. The Hall–Kier alpha value is -4.31. The standard InChI is InChI=1S/C31H27F2N3O4S/c1-17-9-23(40-28-6-4-3-5-26(28)32)10-18(2)29(17)36-31(34)25(15-35-36)30(37)21-11-19-13-22(27(33)14-20(19)12-21)16-41(38,39)24-7-8-24/h3-6,9-10,12-15,24H,7-8,11,16,34H2,1-2H3. The quantitative estimate of drug-likeness (QED) is 0.257. The summed E-state index contributed by atoms with van der Waals surface area (Å²) in [5, 5.41) is 4.00. The van der Waals surface area contributed by atoms with E-state index in [0.717, 1.165) is 11.1 Å². The number of halogens is 2. The van der Waals surface area contributed by atoms with Gasteiger partial charge in [-0.2, -0.15) is 5.10 Å². The largest absolute Gasteiger partial charge is 0.454 e. The van der Waals surface area contributed by atoms with Crippen molar-refractivity contribution >= 4 is 27.5 Å². The number of Topliss-reactive ketones (excluding diaryl/α,β-unsaturated/α-hetero) is 1. The first-order valence-corrected chi connectivity index (χ1v) is 14.9. The molecule has 1 saturated carbocycles. The lowest BCUT2D eigenvalue weighted by Gasteiger charge is -2.15. The van der Waals surface area contributed by atoms with Gasteiger partial charge in [0.1, 0.15) is 17.4 Å². The van der Waals surface area contributed by atoms with E-state index in [1.54, 1.807) is 42.5 Å². The predicted octanol–water partition coefficient (Wildman–Crippen LogP) is 6.04. The zero-order chi connectivity index (χ0) is 29.1. The zero-order valence-corrected chi connectivity index (χ0v) is 23.3. The van der Waals surface area contributed by atoms with Gasteiger partial charge in [0.05, 0.1) is 28.5 Å². The van der Waals surface area contributed by atoms with Crippen LogP contribution in [0, 0.1) is 25.5 Å². The maximum Gasteiger partial charge on any atom is 0.194 e. The molecule has 6 rings (SSSR count). The Morgan fingerprint density at radius 1 is 1.07 bits per heavy atom. The topological polar surface area (TPSA) is 104 Å². The second-order valence-electron chi connectivity index (χ2n) is 10.6. The Labute approximate surface area is 236 Å². The molecular weight excluding hydrogens is 548 g/mol. The Bertz CT molecular complexity index is 1850. The summed E-state index contributed by atoms with van der Waals surface area (Å²) in [6.07, 6.45) is 4.49. The van der Waals surface area contributed by atoms with E-state index in [1.807, 2.05) is 13.8 Å². The minimum Gasteiger partial charge on any atom is -0.454 e. The number of nitrogens with zero attached hydrogens (tertiary/aromatic N) is 2. The van der Waals surface area contributed by atoms with Gasteiger partial charge < -0.3 is 10.5 Å². The molecule has 0 amide bonds. The Kier molecular flexibility index (Phi) is 6.53. The van der Waals surface area contributed by atoms with Gasteiger partial charge in [0, 0.05) is 17.6 Å². The number of nitrogens with two attached hydrogens (primary N) is 1. The summed E-state index contributed by atoms with van der Waals surface area (Å²) in [6.45, 7) is 3.68. The summed E-state index contributed by atoms with van der Waals surface area (Å²) < 4.78 is 60.9. The van der Waals surface area contributed by atoms with Crippen molar-refractivity contribution in [2.45, 2.75) is 44.1 Å². The Morgan fingerprint density at radius 2 is 1.78 bits per heavy atom. The highest BCUT2D eigenvalue weighted by Crippen LogP contribution is 2.36. The molecule has 41 heavy (non-hydrogen) atoms. The third kappa shape index (κ3) is 5.04. The normalized spacial score (nSPS) is 14.6. The maximum atomic E-state index is 14.8. The van der Waals surface area contributed by atoms with Crippen LogP contribution in [0.5, 0.6) is 11.5 Å². The van der Waals surface area contributed by atoms with Crippen molar-refractivity contribution < 1.29 is 26.7 Å². The van der Waals surface area contributed by atoms with Gasteiger partial charge in [-0.3, -0.25) is 4.79 Å². The van der Waals surface area contributed by atoms with Crippen LogP contribution in [0.4, 0.5) is 14.6 Å². The van der Waals surface area contributed by atoms with E-state index in [4.69, 9.17) is 10.5 Å². The molecule has 0 saturated heterocycles. The van der Waals surface area contributed by atoms with Gasteiger partial charge in [-0.25, -0.2) is 21.9 Å². The molecule has 0 atom stereocenters. The van der Waals surface area contributed by atoms with Gasteiger partial charge in [0.25, 0.3) is 0 Å². The molecule has 1 aromatic heterocycles. The number of ether oxygens (including phenoxy) is 1. The highest BCUT2D eigenvalue weighted by molar-refractivity contribution is 7.91. The SMILES string of the molecule is Cc1cc(Oc2ccccc2F)cc(C)c1-n1ncc(C(=O)C2=Cc3cc(F)c(CS(=O)(=O)C4CC4)cc3C2)c1N. The van der Waals surface area contributed by atoms with E-state index in [2.05, 4.69) is 5.10 Å². The van der Waals surface area contributed by atoms with E-state index >= 15 is 0 Å². The molecule has 1 heterocycles. The monoisotopic (exact) mass is 575 g/mol. The molecule has 210 valence electrons. The number of carbonyl (C=O) groups excluding carboxylic acids is 1. The number of para-hydroxylation sites is 1. The number of sulfone groups is 1. The third-order valence-electron chi connectivity index (χ3n) is 7.49. The second kappa shape index (κ2) is 9.95. The number of nitrogen functional groups attached to an aromatic ring is 1. The van der Waals surface area contributed by atoms with Crippen LogP contribution < -0.4 is 10.5 Å². The summed E-state index contributed by atoms with van der Waals surface area (Å²) in [5.74, 6) is -1.07. The average Bonchev–Trinajstić information content (AvgIpc) is 3.61. The van der Waals surface area contributed by atoms with Crippen LogP contribution in [0.15, 0.2) is 60.3 Å². The van der Waals surface area contributed by atoms with Crippen molar-refractivity contribution in [1.29, 1.82) is 0 Å². The van der Waals surface area contributed by atoms with Crippen LogP contribution in [-0.4, -0.2) is 29.2 Å². The number of carbonyl (C=O) groups is 1. The number of allylic oxidation sites excluding steroid dienone is 1. The van der Waals surface area contributed by atoms with Crippen molar-refractivity contribution in [1.82, 2.24) is 9.78 Å². The third-order valence-corrected chi connectivity index (χ3v) is 9.69. The van der Waals surface area contributed by atoms with Crippen LogP contribution in [0.3, 0.4) is 0 Å². The first-order valence-electron chi connectivity index (χ1n) is 13.2. The fraction of sp³-hybridized carbons (Fsp3) is 0.226. The molecule has 0 radical (unpaired) electrons. The van der Waals surface area contributed by atoms with E-state index in [-0.39, 0.29) is 45.9 Å². The fourth-order valence-electron chi connectivity index (χ4n) is 5.28. The fourth-order valence-corrected chi connectivity index (χ4v) is 7.03. The molecule has 0 unspecified atom stereocenters. The van der Waals surface area contributed by atoms with Crippen molar-refractivity contribution in [3.8, 4) is 17.2 Å². The molecule has 2 N–H and O–H groups in total. The molecule has 2 aliphatic rings. The van der Waals surface area contributed by atoms with Gasteiger partial charge in [0.15, 0.2) is 27.2 Å². The number of aryl methyl sites for hydroxylation is 2. The minimum absolute atomic E-state index is 0.105. The summed E-state index contributed by atoms with van der Waals surface area (Å²) in [6, 6.07) is 12.4. The number of anilines is 1. The summed E-state index contributed by atoms with van der Waals surface area (Å²) in [5.41, 5.74) is 10.6. The smallest absolute Gasteiger partial charge is 0.194 e. The molecule has 0 spiro atoms. The number of hydrogen-bond acceptors (Lipinski definition) is 6. The average molecular weight is 576 g/mol. The summed E-state index contributed by atoms with van der Waals surface area (Å²) in [4.78, 5) is 13.5. The zero-order valence-electron chi connectivity index (χ0n) is 22.4. The number of fused-ring (bicyclic) bond motifs is 1. The molecule has 10 heteroatoms. The lowest BCUT2D eigenvalue weighted by molar-refractivity contribution is 0.103. The van der Waals surface area contributed by atoms with E-state index in [1.165, 1.54) is 23.0 Å². The van der Waals surface area contributed by atoms with Crippen molar-refractivity contribution in [3.63, 3.8) is 0 Å². The van der Waals surface area contributed by atoms with Crippen LogP contribution in [0.2, 0.25) is 0 Å². The predicted molar refractivity (Wildman–Crippen MR) is 152 cm³/mol. The maximum absolute atomic E-state index is 14.8. The van der Waals surface area contributed by atoms with Crippen molar-refractivity contribution in [3.05, 3.63) is 105 Å². The first-order chi connectivity index (χ1) is 19.5. The molecule has 2 aliphatic carbocycles.